The van der Waals surface area contributed by atoms with E-state index in [9.17, 15) is 9.59 Å². The molecule has 2 aromatic heterocycles. The molecule has 0 saturated heterocycles. The first-order valence-electron chi connectivity index (χ1n) is 11.1. The summed E-state index contributed by atoms with van der Waals surface area (Å²) in [6.07, 6.45) is 11.9. The predicted molar refractivity (Wildman–Crippen MR) is 126 cm³/mol. The van der Waals surface area contributed by atoms with Gasteiger partial charge in [0.15, 0.2) is 5.16 Å². The molecule has 4 rings (SSSR count). The topological polar surface area (TPSA) is 64.0 Å². The number of rotatable bonds is 6. The molecule has 2 heterocycles. The summed E-state index contributed by atoms with van der Waals surface area (Å²) in [5.74, 6) is 0.974. The number of fused-ring (bicyclic) bond motifs is 3. The minimum atomic E-state index is 0.0126. The lowest BCUT2D eigenvalue weighted by atomic mass is 9.89. The molecule has 2 aliphatic carbocycles. The Morgan fingerprint density at radius 3 is 2.80 bits per heavy atom. The zero-order valence-electron chi connectivity index (χ0n) is 17.7. The number of nitrogens with one attached hydrogen (secondary N) is 1. The molecule has 0 bridgehead atoms. The number of allylic oxidation sites excluding steroid dienone is 1. The lowest BCUT2D eigenvalue weighted by Gasteiger charge is -2.18. The van der Waals surface area contributed by atoms with Crippen molar-refractivity contribution in [2.24, 2.45) is 5.92 Å². The molecular weight excluding hydrogens is 414 g/mol. The van der Waals surface area contributed by atoms with Crippen molar-refractivity contribution in [1.29, 1.82) is 0 Å². The van der Waals surface area contributed by atoms with E-state index >= 15 is 0 Å². The highest BCUT2D eigenvalue weighted by Gasteiger charge is 2.25. The molecular formula is C23H31N3O2S2. The summed E-state index contributed by atoms with van der Waals surface area (Å²) >= 11 is 3.02. The Morgan fingerprint density at radius 2 is 2.07 bits per heavy atom. The van der Waals surface area contributed by atoms with Crippen LogP contribution in [0.1, 0.15) is 62.3 Å². The minimum absolute atomic E-state index is 0.0126. The van der Waals surface area contributed by atoms with E-state index in [0.29, 0.717) is 17.6 Å². The van der Waals surface area contributed by atoms with Gasteiger partial charge in [0.05, 0.1) is 11.1 Å². The van der Waals surface area contributed by atoms with Crippen LogP contribution in [-0.4, -0.2) is 27.3 Å². The molecule has 0 aliphatic heterocycles. The van der Waals surface area contributed by atoms with Crippen molar-refractivity contribution in [3.8, 4) is 0 Å². The molecule has 162 valence electrons. The van der Waals surface area contributed by atoms with Crippen LogP contribution in [0.2, 0.25) is 0 Å². The van der Waals surface area contributed by atoms with Crippen molar-refractivity contribution >= 4 is 39.2 Å². The number of carbonyl (C=O) groups excluding carboxylic acids is 1. The van der Waals surface area contributed by atoms with E-state index in [4.69, 9.17) is 4.98 Å². The summed E-state index contributed by atoms with van der Waals surface area (Å²) in [6.45, 7) is 6.49. The number of aromatic nitrogens is 2. The van der Waals surface area contributed by atoms with Gasteiger partial charge in [0, 0.05) is 17.5 Å². The third-order valence-electron chi connectivity index (χ3n) is 6.24. The Balaban J connectivity index is 1.55. The zero-order chi connectivity index (χ0) is 21.1. The van der Waals surface area contributed by atoms with Crippen LogP contribution in [0, 0.1) is 5.92 Å². The van der Waals surface area contributed by atoms with E-state index in [1.807, 2.05) is 0 Å². The maximum absolute atomic E-state index is 13.3. The fourth-order valence-corrected chi connectivity index (χ4v) is 6.87. The first-order valence-corrected chi connectivity index (χ1v) is 12.9. The van der Waals surface area contributed by atoms with Crippen molar-refractivity contribution in [3.63, 3.8) is 0 Å². The first kappa shape index (κ1) is 21.6. The fraction of sp³-hybridized carbons (Fsp3) is 0.609. The summed E-state index contributed by atoms with van der Waals surface area (Å²) in [7, 11) is 0. The van der Waals surface area contributed by atoms with Crippen LogP contribution in [0.15, 0.2) is 22.6 Å². The quantitative estimate of drug-likeness (QED) is 0.303. The second-order valence-corrected chi connectivity index (χ2v) is 10.7. The Bertz CT molecular complexity index is 986. The maximum atomic E-state index is 13.3. The highest BCUT2D eigenvalue weighted by Crippen LogP contribution is 2.36. The largest absolute Gasteiger partial charge is 0.353 e. The van der Waals surface area contributed by atoms with Gasteiger partial charge in [-0.2, -0.15) is 0 Å². The van der Waals surface area contributed by atoms with E-state index in [1.54, 1.807) is 22.0 Å². The molecule has 1 N–H and O–H groups in total. The van der Waals surface area contributed by atoms with Gasteiger partial charge in [-0.05, 0) is 43.6 Å². The van der Waals surface area contributed by atoms with E-state index in [2.05, 4.69) is 18.8 Å². The van der Waals surface area contributed by atoms with Crippen LogP contribution in [-0.2, 0) is 24.2 Å². The molecule has 30 heavy (non-hydrogen) atoms. The molecule has 0 spiro atoms. The second kappa shape index (κ2) is 9.69. The number of hydrogen-bond acceptors (Lipinski definition) is 5. The number of thioether (sulfide) groups is 1. The molecule has 5 nitrogen and oxygen atoms in total. The number of nitrogens with zero attached hydrogens (tertiary/aromatic N) is 2. The Hall–Kier alpha value is -1.60. The molecule has 1 atom stereocenters. The Morgan fingerprint density at radius 1 is 1.30 bits per heavy atom. The van der Waals surface area contributed by atoms with Gasteiger partial charge in [-0.25, -0.2) is 4.98 Å². The van der Waals surface area contributed by atoms with Crippen molar-refractivity contribution in [1.82, 2.24) is 14.9 Å². The maximum Gasteiger partial charge on any atom is 0.263 e. The molecule has 0 radical (unpaired) electrons. The second-order valence-electron chi connectivity index (χ2n) is 8.68. The van der Waals surface area contributed by atoms with Gasteiger partial charge in [0.2, 0.25) is 5.91 Å². The van der Waals surface area contributed by atoms with Gasteiger partial charge in [0.25, 0.3) is 5.56 Å². The lowest BCUT2D eigenvalue weighted by Crippen LogP contribution is -2.35. The number of amides is 1. The number of thiophene rings is 1. The first-order chi connectivity index (χ1) is 14.6. The monoisotopic (exact) mass is 445 g/mol. The van der Waals surface area contributed by atoms with Gasteiger partial charge in [-0.1, -0.05) is 50.4 Å². The average Bonchev–Trinajstić information content (AvgIpc) is 2.88. The van der Waals surface area contributed by atoms with Gasteiger partial charge < -0.3 is 5.32 Å². The Labute approximate surface area is 186 Å². The van der Waals surface area contributed by atoms with E-state index in [-0.39, 0.29) is 23.3 Å². The fourth-order valence-electron chi connectivity index (χ4n) is 4.63. The van der Waals surface area contributed by atoms with Crippen LogP contribution in [0.25, 0.3) is 10.2 Å². The van der Waals surface area contributed by atoms with Gasteiger partial charge in [-0.3, -0.25) is 14.2 Å². The van der Waals surface area contributed by atoms with Crippen molar-refractivity contribution in [3.05, 3.63) is 33.4 Å². The number of hydrogen-bond donors (Lipinski definition) is 1. The van der Waals surface area contributed by atoms with Crippen molar-refractivity contribution in [2.75, 3.05) is 5.75 Å². The molecule has 2 aromatic rings. The van der Waals surface area contributed by atoms with Crippen molar-refractivity contribution < 1.29 is 4.79 Å². The minimum Gasteiger partial charge on any atom is -0.353 e. The normalized spacial score (nSPS) is 20.0. The van der Waals surface area contributed by atoms with E-state index in [1.165, 1.54) is 47.9 Å². The van der Waals surface area contributed by atoms with Crippen LogP contribution in [0.4, 0.5) is 0 Å². The lowest BCUT2D eigenvalue weighted by molar-refractivity contribution is -0.119. The standard InChI is InChI=1S/C23H31N3O2S2/c1-3-12-26-22(28)20-17-11-10-15(2)13-18(17)30-21(20)25-23(26)29-14-19(27)24-16-8-6-4-5-7-9-16/h3,15-16H,1,4-14H2,2H3,(H,24,27). The van der Waals surface area contributed by atoms with Crippen LogP contribution in [0.3, 0.4) is 0 Å². The molecule has 7 heteroatoms. The predicted octanol–water partition coefficient (Wildman–Crippen LogP) is 4.70. The van der Waals surface area contributed by atoms with Gasteiger partial charge in [-0.15, -0.1) is 17.9 Å². The molecule has 1 unspecified atom stereocenters. The number of aryl methyl sites for hydroxylation is 1. The average molecular weight is 446 g/mol. The zero-order valence-corrected chi connectivity index (χ0v) is 19.4. The smallest absolute Gasteiger partial charge is 0.263 e. The van der Waals surface area contributed by atoms with Crippen molar-refractivity contribution in [2.45, 2.75) is 82.5 Å². The summed E-state index contributed by atoms with van der Waals surface area (Å²) in [5, 5.41) is 4.59. The summed E-state index contributed by atoms with van der Waals surface area (Å²) < 4.78 is 1.68. The number of carbonyl (C=O) groups is 1. The van der Waals surface area contributed by atoms with Crippen LogP contribution in [0.5, 0.6) is 0 Å². The van der Waals surface area contributed by atoms with Crippen LogP contribution >= 0.6 is 23.1 Å². The Kier molecular flexibility index (Phi) is 6.98. The SMILES string of the molecule is C=CCn1c(SCC(=O)NC2CCCCCC2)nc2sc3c(c2c1=O)CCC(C)C3. The van der Waals surface area contributed by atoms with Gasteiger partial charge in [0.1, 0.15) is 4.83 Å². The molecule has 0 aromatic carbocycles. The molecule has 1 amide bonds. The van der Waals surface area contributed by atoms with Crippen LogP contribution < -0.4 is 10.9 Å². The summed E-state index contributed by atoms with van der Waals surface area (Å²) in [6, 6.07) is 0.289. The molecule has 1 saturated carbocycles. The summed E-state index contributed by atoms with van der Waals surface area (Å²) in [4.78, 5) is 32.8. The molecule has 2 aliphatic rings. The van der Waals surface area contributed by atoms with Gasteiger partial charge >= 0.3 is 0 Å². The highest BCUT2D eigenvalue weighted by molar-refractivity contribution is 7.99. The highest BCUT2D eigenvalue weighted by atomic mass is 32.2. The third kappa shape index (κ3) is 4.67. The van der Waals surface area contributed by atoms with E-state index in [0.717, 1.165) is 42.3 Å². The molecule has 1 fully saturated rings. The van der Waals surface area contributed by atoms with E-state index < -0.39 is 0 Å². The summed E-state index contributed by atoms with van der Waals surface area (Å²) in [5.41, 5.74) is 1.21. The third-order valence-corrected chi connectivity index (χ3v) is 8.37.